The fourth-order valence-corrected chi connectivity index (χ4v) is 4.55. The van der Waals surface area contributed by atoms with Crippen molar-refractivity contribution in [1.29, 1.82) is 0 Å². The second kappa shape index (κ2) is 13.8. The molecule has 1 heterocycles. The molecule has 4 rings (SSSR count). The predicted molar refractivity (Wildman–Crippen MR) is 151 cm³/mol. The van der Waals surface area contributed by atoms with Crippen molar-refractivity contribution in [2.45, 2.75) is 45.1 Å². The molecule has 0 unspecified atom stereocenters. The van der Waals surface area contributed by atoms with E-state index in [1.807, 2.05) is 54.6 Å². The SMILES string of the molecule is COc1ccc(OCCCCn2c(CCCCCNC(=O)c3ccc(Br)cc3)nc3ccccc32)cc1. The van der Waals surface area contributed by atoms with Gasteiger partial charge in [-0.25, -0.2) is 4.98 Å². The molecule has 194 valence electrons. The Bertz CT molecular complexity index is 1270. The highest BCUT2D eigenvalue weighted by Gasteiger charge is 2.10. The van der Waals surface area contributed by atoms with Gasteiger partial charge >= 0.3 is 0 Å². The van der Waals surface area contributed by atoms with Crippen molar-refractivity contribution in [1.82, 2.24) is 14.9 Å². The van der Waals surface area contributed by atoms with Crippen LogP contribution in [0.25, 0.3) is 11.0 Å². The molecule has 0 radical (unpaired) electrons. The number of unbranched alkanes of at least 4 members (excludes halogenated alkanes) is 3. The number of methoxy groups -OCH3 is 1. The van der Waals surface area contributed by atoms with Crippen molar-refractivity contribution in [3.63, 3.8) is 0 Å². The maximum atomic E-state index is 12.3. The molecular weight excluding hydrogens is 530 g/mol. The highest BCUT2D eigenvalue weighted by molar-refractivity contribution is 9.10. The third-order valence-electron chi connectivity index (χ3n) is 6.31. The van der Waals surface area contributed by atoms with Gasteiger partial charge < -0.3 is 19.4 Å². The maximum absolute atomic E-state index is 12.3. The molecule has 0 saturated carbocycles. The molecule has 0 bridgehead atoms. The summed E-state index contributed by atoms with van der Waals surface area (Å²) in [5, 5.41) is 3.01. The summed E-state index contributed by atoms with van der Waals surface area (Å²) in [7, 11) is 1.66. The van der Waals surface area contributed by atoms with E-state index in [9.17, 15) is 4.79 Å². The summed E-state index contributed by atoms with van der Waals surface area (Å²) < 4.78 is 14.4. The Kier molecular flexibility index (Phi) is 10.0. The van der Waals surface area contributed by atoms with Crippen molar-refractivity contribution < 1.29 is 14.3 Å². The monoisotopic (exact) mass is 563 g/mol. The second-order valence-corrected chi connectivity index (χ2v) is 9.89. The van der Waals surface area contributed by atoms with E-state index in [4.69, 9.17) is 14.5 Å². The summed E-state index contributed by atoms with van der Waals surface area (Å²) in [4.78, 5) is 17.2. The number of amides is 1. The first-order valence-electron chi connectivity index (χ1n) is 12.9. The van der Waals surface area contributed by atoms with Gasteiger partial charge in [0.1, 0.15) is 17.3 Å². The first kappa shape index (κ1) is 26.7. The van der Waals surface area contributed by atoms with Crippen LogP contribution in [-0.4, -0.2) is 35.7 Å². The van der Waals surface area contributed by atoms with Crippen LogP contribution < -0.4 is 14.8 Å². The molecule has 0 fully saturated rings. The summed E-state index contributed by atoms with van der Waals surface area (Å²) in [6.45, 7) is 2.28. The Hall–Kier alpha value is -3.32. The van der Waals surface area contributed by atoms with Gasteiger partial charge in [0.2, 0.25) is 0 Å². The molecule has 7 heteroatoms. The number of hydrogen-bond donors (Lipinski definition) is 1. The van der Waals surface area contributed by atoms with Gasteiger partial charge in [-0.15, -0.1) is 0 Å². The molecule has 0 atom stereocenters. The van der Waals surface area contributed by atoms with Crippen LogP contribution in [0.1, 0.15) is 48.3 Å². The molecule has 6 nitrogen and oxygen atoms in total. The molecule has 1 N–H and O–H groups in total. The fraction of sp³-hybridized carbons (Fsp3) is 0.333. The number of carbonyl (C=O) groups excluding carboxylic acids is 1. The Morgan fingerprint density at radius 1 is 0.892 bits per heavy atom. The molecule has 0 spiro atoms. The van der Waals surface area contributed by atoms with Gasteiger partial charge in [0, 0.05) is 29.5 Å². The fourth-order valence-electron chi connectivity index (χ4n) is 4.29. The number of aryl methyl sites for hydroxylation is 2. The molecule has 0 aliphatic carbocycles. The minimum atomic E-state index is -0.0229. The number of rotatable bonds is 14. The van der Waals surface area contributed by atoms with Gasteiger partial charge in [-0.1, -0.05) is 34.5 Å². The smallest absolute Gasteiger partial charge is 0.251 e. The Morgan fingerprint density at radius 2 is 1.65 bits per heavy atom. The van der Waals surface area contributed by atoms with E-state index in [2.05, 4.69) is 44.0 Å². The van der Waals surface area contributed by atoms with E-state index in [-0.39, 0.29) is 5.91 Å². The number of halogens is 1. The number of aromatic nitrogens is 2. The molecule has 37 heavy (non-hydrogen) atoms. The lowest BCUT2D eigenvalue weighted by molar-refractivity contribution is 0.0953. The summed E-state index contributed by atoms with van der Waals surface area (Å²) in [5.74, 6) is 2.81. The van der Waals surface area contributed by atoms with Gasteiger partial charge in [-0.05, 0) is 86.3 Å². The van der Waals surface area contributed by atoms with Crippen molar-refractivity contribution in [2.24, 2.45) is 0 Å². The van der Waals surface area contributed by atoms with E-state index >= 15 is 0 Å². The molecule has 0 aliphatic rings. The lowest BCUT2D eigenvalue weighted by Gasteiger charge is -2.11. The molecule has 3 aromatic carbocycles. The number of imidazole rings is 1. The predicted octanol–water partition coefficient (Wildman–Crippen LogP) is 6.81. The number of benzene rings is 3. The quantitative estimate of drug-likeness (QED) is 0.171. The number of hydrogen-bond acceptors (Lipinski definition) is 4. The highest BCUT2D eigenvalue weighted by Crippen LogP contribution is 2.20. The number of fused-ring (bicyclic) bond motifs is 1. The molecule has 0 aliphatic heterocycles. The van der Waals surface area contributed by atoms with Gasteiger partial charge in [0.15, 0.2) is 0 Å². The van der Waals surface area contributed by atoms with Crippen molar-refractivity contribution >= 4 is 32.9 Å². The van der Waals surface area contributed by atoms with Crippen LogP contribution >= 0.6 is 15.9 Å². The normalized spacial score (nSPS) is 11.0. The number of carbonyl (C=O) groups is 1. The number of nitrogens with one attached hydrogen (secondary N) is 1. The minimum Gasteiger partial charge on any atom is -0.497 e. The van der Waals surface area contributed by atoms with Crippen LogP contribution in [0.3, 0.4) is 0 Å². The van der Waals surface area contributed by atoms with Crippen molar-refractivity contribution in [3.05, 3.63) is 88.7 Å². The van der Waals surface area contributed by atoms with Gasteiger partial charge in [-0.3, -0.25) is 4.79 Å². The van der Waals surface area contributed by atoms with Gasteiger partial charge in [0.25, 0.3) is 5.91 Å². The zero-order chi connectivity index (χ0) is 25.9. The first-order chi connectivity index (χ1) is 18.1. The van der Waals surface area contributed by atoms with Crippen LogP contribution in [0.5, 0.6) is 11.5 Å². The average molecular weight is 565 g/mol. The Labute approximate surface area is 227 Å². The van der Waals surface area contributed by atoms with E-state index in [1.165, 1.54) is 5.52 Å². The number of nitrogens with zero attached hydrogens (tertiary/aromatic N) is 2. The lowest BCUT2D eigenvalue weighted by Crippen LogP contribution is -2.24. The highest BCUT2D eigenvalue weighted by atomic mass is 79.9. The van der Waals surface area contributed by atoms with Crippen LogP contribution in [-0.2, 0) is 13.0 Å². The van der Waals surface area contributed by atoms with Gasteiger partial charge in [0.05, 0.1) is 24.8 Å². The van der Waals surface area contributed by atoms with Crippen LogP contribution in [0.15, 0.2) is 77.3 Å². The van der Waals surface area contributed by atoms with Crippen LogP contribution in [0.2, 0.25) is 0 Å². The molecule has 1 aromatic heterocycles. The molecule has 4 aromatic rings. The zero-order valence-electron chi connectivity index (χ0n) is 21.3. The first-order valence-corrected chi connectivity index (χ1v) is 13.7. The van der Waals surface area contributed by atoms with Gasteiger partial charge in [-0.2, -0.15) is 0 Å². The topological polar surface area (TPSA) is 65.4 Å². The average Bonchev–Trinajstić information content (AvgIpc) is 3.28. The third kappa shape index (κ3) is 7.83. The summed E-state index contributed by atoms with van der Waals surface area (Å²) in [5.41, 5.74) is 2.93. The van der Waals surface area contributed by atoms with E-state index < -0.39 is 0 Å². The zero-order valence-corrected chi connectivity index (χ0v) is 22.9. The standard InChI is InChI=1S/C30H34BrN3O3/c1-36-25-16-18-26(19-17-25)37-22-8-7-21-34-28-10-5-4-9-27(28)33-29(34)11-3-2-6-20-32-30(35)23-12-14-24(31)15-13-23/h4-5,9-10,12-19H,2-3,6-8,11,20-22H2,1H3,(H,32,35). The summed E-state index contributed by atoms with van der Waals surface area (Å²) in [6, 6.07) is 23.5. The molecule has 0 saturated heterocycles. The number of para-hydroxylation sites is 2. The summed E-state index contributed by atoms with van der Waals surface area (Å²) >= 11 is 3.40. The Balaban J connectivity index is 1.20. The second-order valence-electron chi connectivity index (χ2n) is 8.97. The molecular formula is C30H34BrN3O3. The lowest BCUT2D eigenvalue weighted by atomic mass is 10.1. The van der Waals surface area contributed by atoms with Crippen molar-refractivity contribution in [2.75, 3.05) is 20.3 Å². The number of ether oxygens (including phenoxy) is 2. The van der Waals surface area contributed by atoms with E-state index in [1.54, 1.807) is 7.11 Å². The van der Waals surface area contributed by atoms with Crippen LogP contribution in [0, 0.1) is 0 Å². The molecule has 1 amide bonds. The minimum absolute atomic E-state index is 0.0229. The summed E-state index contributed by atoms with van der Waals surface area (Å²) in [6.07, 6.45) is 5.95. The van der Waals surface area contributed by atoms with E-state index in [0.29, 0.717) is 18.7 Å². The maximum Gasteiger partial charge on any atom is 0.251 e. The largest absolute Gasteiger partial charge is 0.497 e. The van der Waals surface area contributed by atoms with E-state index in [0.717, 1.165) is 72.4 Å². The third-order valence-corrected chi connectivity index (χ3v) is 6.84. The van der Waals surface area contributed by atoms with Crippen LogP contribution in [0.4, 0.5) is 0 Å². The van der Waals surface area contributed by atoms with Crippen molar-refractivity contribution in [3.8, 4) is 11.5 Å². The Morgan fingerprint density at radius 3 is 2.43 bits per heavy atom.